The predicted octanol–water partition coefficient (Wildman–Crippen LogP) is 1.50. The van der Waals surface area contributed by atoms with Gasteiger partial charge in [0.2, 0.25) is 0 Å². The van der Waals surface area contributed by atoms with E-state index in [9.17, 15) is 4.79 Å². The Morgan fingerprint density at radius 2 is 2.14 bits per heavy atom. The van der Waals surface area contributed by atoms with Gasteiger partial charge in [-0.25, -0.2) is 4.99 Å². The Morgan fingerprint density at radius 1 is 1.29 bits per heavy atom. The fourth-order valence-electron chi connectivity index (χ4n) is 2.40. The summed E-state index contributed by atoms with van der Waals surface area (Å²) in [5, 5.41) is 10.8. The van der Waals surface area contributed by atoms with Crippen molar-refractivity contribution in [3.8, 4) is 5.75 Å². The van der Waals surface area contributed by atoms with Crippen LogP contribution < -0.4 is 15.4 Å². The first-order valence-electron chi connectivity index (χ1n) is 9.50. The van der Waals surface area contributed by atoms with Crippen molar-refractivity contribution >= 4 is 11.9 Å². The molecule has 152 valence electrons. The smallest absolute Gasteiger partial charge is 0.259 e. The van der Waals surface area contributed by atoms with Gasteiger partial charge in [-0.1, -0.05) is 12.1 Å². The molecule has 1 amide bonds. The highest BCUT2D eigenvalue weighted by molar-refractivity contribution is 5.79. The van der Waals surface area contributed by atoms with Crippen LogP contribution in [0.4, 0.5) is 0 Å². The second-order valence-electron chi connectivity index (χ2n) is 6.47. The van der Waals surface area contributed by atoms with Crippen LogP contribution in [-0.2, 0) is 17.9 Å². The molecule has 0 bridgehead atoms. The lowest BCUT2D eigenvalue weighted by Crippen LogP contribution is -2.38. The summed E-state index contributed by atoms with van der Waals surface area (Å²) in [7, 11) is 3.42. The van der Waals surface area contributed by atoms with Gasteiger partial charge < -0.3 is 20.3 Å². The van der Waals surface area contributed by atoms with E-state index in [4.69, 9.17) is 4.74 Å². The minimum Gasteiger partial charge on any atom is -0.484 e. The summed E-state index contributed by atoms with van der Waals surface area (Å²) in [5.74, 6) is 1.37. The Bertz CT molecular complexity index is 743. The fraction of sp³-hybridized carbons (Fsp3) is 0.450. The first kappa shape index (κ1) is 21.3. The van der Waals surface area contributed by atoms with E-state index < -0.39 is 0 Å². The van der Waals surface area contributed by atoms with Crippen LogP contribution in [0.15, 0.2) is 47.7 Å². The van der Waals surface area contributed by atoms with E-state index in [1.54, 1.807) is 20.3 Å². The second-order valence-corrected chi connectivity index (χ2v) is 6.47. The van der Waals surface area contributed by atoms with E-state index in [-0.39, 0.29) is 12.5 Å². The Balaban J connectivity index is 1.83. The molecule has 1 aromatic heterocycles. The van der Waals surface area contributed by atoms with E-state index >= 15 is 0 Å². The Morgan fingerprint density at radius 3 is 2.86 bits per heavy atom. The van der Waals surface area contributed by atoms with Crippen molar-refractivity contribution in [1.82, 2.24) is 25.3 Å². The number of benzene rings is 1. The summed E-state index contributed by atoms with van der Waals surface area (Å²) in [6.07, 6.45) is 4.70. The molecule has 28 heavy (non-hydrogen) atoms. The molecule has 0 aliphatic rings. The molecule has 0 fully saturated rings. The van der Waals surface area contributed by atoms with Crippen LogP contribution in [0.3, 0.4) is 0 Å². The maximum Gasteiger partial charge on any atom is 0.259 e. The largest absolute Gasteiger partial charge is 0.484 e. The topological polar surface area (TPSA) is 83.8 Å². The molecule has 0 aliphatic heterocycles. The zero-order valence-corrected chi connectivity index (χ0v) is 16.9. The van der Waals surface area contributed by atoms with Crippen LogP contribution in [0.25, 0.3) is 0 Å². The van der Waals surface area contributed by atoms with Crippen molar-refractivity contribution in [3.05, 3.63) is 48.3 Å². The summed E-state index contributed by atoms with van der Waals surface area (Å²) >= 11 is 0. The predicted molar refractivity (Wildman–Crippen MR) is 110 cm³/mol. The van der Waals surface area contributed by atoms with Gasteiger partial charge in [0.25, 0.3) is 5.91 Å². The van der Waals surface area contributed by atoms with Gasteiger partial charge in [-0.15, -0.1) is 0 Å². The molecule has 0 radical (unpaired) electrons. The highest BCUT2D eigenvalue weighted by atomic mass is 16.5. The van der Waals surface area contributed by atoms with Crippen LogP contribution in [-0.4, -0.2) is 60.3 Å². The average molecular weight is 387 g/mol. The number of rotatable bonds is 10. The van der Waals surface area contributed by atoms with Crippen LogP contribution in [0, 0.1) is 0 Å². The van der Waals surface area contributed by atoms with Crippen LogP contribution >= 0.6 is 0 Å². The number of likely N-dealkylation sites (N-methyl/N-ethyl adjacent to an activating group) is 1. The SMILES string of the molecule is CCNC(=NCc1cccc(OCC(=O)N(C)C)c1)NCCCn1cccn1. The number of aromatic nitrogens is 2. The highest BCUT2D eigenvalue weighted by Crippen LogP contribution is 2.14. The number of amides is 1. The van der Waals surface area contributed by atoms with E-state index in [0.717, 1.165) is 37.6 Å². The Hall–Kier alpha value is -3.03. The molecule has 2 N–H and O–H groups in total. The summed E-state index contributed by atoms with van der Waals surface area (Å²) in [5.41, 5.74) is 1.02. The van der Waals surface area contributed by atoms with E-state index in [2.05, 4.69) is 20.7 Å². The molecule has 8 heteroatoms. The first-order chi connectivity index (χ1) is 13.6. The molecule has 2 rings (SSSR count). The van der Waals surface area contributed by atoms with Crippen molar-refractivity contribution in [2.75, 3.05) is 33.8 Å². The fourth-order valence-corrected chi connectivity index (χ4v) is 2.40. The summed E-state index contributed by atoms with van der Waals surface area (Å²) in [6, 6.07) is 9.58. The van der Waals surface area contributed by atoms with Gasteiger partial charge in [0.05, 0.1) is 6.54 Å². The number of carbonyl (C=O) groups is 1. The van der Waals surface area contributed by atoms with Gasteiger partial charge in [0.1, 0.15) is 5.75 Å². The quantitative estimate of drug-likeness (QED) is 0.367. The first-order valence-corrected chi connectivity index (χ1v) is 9.50. The normalized spacial score (nSPS) is 11.2. The molecule has 0 saturated carbocycles. The number of hydrogen-bond donors (Lipinski definition) is 2. The molecular formula is C20H30N6O2. The van der Waals surface area contributed by atoms with Crippen molar-refractivity contribution in [2.24, 2.45) is 4.99 Å². The van der Waals surface area contributed by atoms with E-state index in [0.29, 0.717) is 12.3 Å². The van der Waals surface area contributed by atoms with Crippen molar-refractivity contribution in [2.45, 2.75) is 26.4 Å². The third-order valence-corrected chi connectivity index (χ3v) is 3.94. The molecule has 0 unspecified atom stereocenters. The average Bonchev–Trinajstić information content (AvgIpc) is 3.21. The van der Waals surface area contributed by atoms with E-state index in [1.807, 2.05) is 48.1 Å². The molecule has 1 aromatic carbocycles. The number of guanidine groups is 1. The molecular weight excluding hydrogens is 356 g/mol. The summed E-state index contributed by atoms with van der Waals surface area (Å²) in [6.45, 7) is 5.05. The van der Waals surface area contributed by atoms with Crippen molar-refractivity contribution in [3.63, 3.8) is 0 Å². The van der Waals surface area contributed by atoms with Crippen LogP contribution in [0.5, 0.6) is 5.75 Å². The van der Waals surface area contributed by atoms with E-state index in [1.165, 1.54) is 4.90 Å². The lowest BCUT2D eigenvalue weighted by atomic mass is 10.2. The standard InChI is InChI=1S/C20H30N6O2/c1-4-21-20(22-10-6-12-26-13-7-11-24-26)23-15-17-8-5-9-18(14-17)28-16-19(27)25(2)3/h5,7-9,11,13-14H,4,6,10,12,15-16H2,1-3H3,(H2,21,22,23). The van der Waals surface area contributed by atoms with Gasteiger partial charge >= 0.3 is 0 Å². The monoisotopic (exact) mass is 386 g/mol. The molecule has 0 aliphatic carbocycles. The third-order valence-electron chi connectivity index (χ3n) is 3.94. The lowest BCUT2D eigenvalue weighted by Gasteiger charge is -2.12. The van der Waals surface area contributed by atoms with Gasteiger partial charge in [0, 0.05) is 46.1 Å². The maximum absolute atomic E-state index is 11.6. The van der Waals surface area contributed by atoms with Crippen molar-refractivity contribution in [1.29, 1.82) is 0 Å². The number of aryl methyl sites for hydroxylation is 1. The second kappa shape index (κ2) is 11.6. The van der Waals surface area contributed by atoms with Gasteiger partial charge in [-0.05, 0) is 37.1 Å². The number of aliphatic imine (C=N–C) groups is 1. The number of hydrogen-bond acceptors (Lipinski definition) is 4. The van der Waals surface area contributed by atoms with Crippen LogP contribution in [0.2, 0.25) is 0 Å². The number of ether oxygens (including phenoxy) is 1. The summed E-state index contributed by atoms with van der Waals surface area (Å²) in [4.78, 5) is 17.8. The minimum atomic E-state index is -0.0721. The van der Waals surface area contributed by atoms with Gasteiger partial charge in [0.15, 0.2) is 12.6 Å². The molecule has 0 saturated heterocycles. The molecule has 0 spiro atoms. The van der Waals surface area contributed by atoms with Crippen LogP contribution in [0.1, 0.15) is 18.9 Å². The maximum atomic E-state index is 11.6. The molecule has 0 atom stereocenters. The Kier molecular flexibility index (Phi) is 8.84. The summed E-state index contributed by atoms with van der Waals surface area (Å²) < 4.78 is 7.47. The molecule has 1 heterocycles. The molecule has 8 nitrogen and oxygen atoms in total. The zero-order valence-electron chi connectivity index (χ0n) is 16.9. The third kappa shape index (κ3) is 7.69. The lowest BCUT2D eigenvalue weighted by molar-refractivity contribution is -0.130. The Labute approximate surface area is 166 Å². The minimum absolute atomic E-state index is 0.0279. The molecule has 2 aromatic rings. The van der Waals surface area contributed by atoms with Gasteiger partial charge in [-0.3, -0.25) is 9.48 Å². The number of nitrogens with one attached hydrogen (secondary N) is 2. The van der Waals surface area contributed by atoms with Crippen molar-refractivity contribution < 1.29 is 9.53 Å². The highest BCUT2D eigenvalue weighted by Gasteiger charge is 2.05. The number of nitrogens with zero attached hydrogens (tertiary/aromatic N) is 4. The number of carbonyl (C=O) groups excluding carboxylic acids is 1. The zero-order chi connectivity index (χ0) is 20.2. The van der Waals surface area contributed by atoms with Gasteiger partial charge in [-0.2, -0.15) is 5.10 Å².